The van der Waals surface area contributed by atoms with Crippen LogP contribution in [0.2, 0.25) is 0 Å². The number of thioether (sulfide) groups is 1. The predicted octanol–water partition coefficient (Wildman–Crippen LogP) is 3.39. The molecule has 1 aromatic rings. The number of nitrogens with one attached hydrogen (secondary N) is 1. The molecule has 2 rings (SSSR count). The Balaban J connectivity index is 1.92. The lowest BCUT2D eigenvalue weighted by molar-refractivity contribution is 0.318. The van der Waals surface area contributed by atoms with Crippen molar-refractivity contribution in [3.05, 3.63) is 29.6 Å². The molecule has 0 bridgehead atoms. The largest absolute Gasteiger partial charge is 0.361 e. The number of aliphatic imine (C=N–C) groups is 1. The van der Waals surface area contributed by atoms with Crippen LogP contribution in [0.15, 0.2) is 23.5 Å². The van der Waals surface area contributed by atoms with Gasteiger partial charge in [0, 0.05) is 31.2 Å². The third kappa shape index (κ3) is 3.50. The Morgan fingerprint density at radius 3 is 2.74 bits per heavy atom. The minimum absolute atomic E-state index is 0.419. The van der Waals surface area contributed by atoms with Gasteiger partial charge in [-0.05, 0) is 42.4 Å². The van der Waals surface area contributed by atoms with Crippen molar-refractivity contribution in [1.29, 1.82) is 0 Å². The Bertz CT molecular complexity index is 452. The van der Waals surface area contributed by atoms with Crippen LogP contribution in [0.4, 0.5) is 0 Å². The molecule has 104 valence electrons. The highest BCUT2D eigenvalue weighted by Gasteiger charge is 2.29. The molecular weight excluding hydrogens is 254 g/mol. The fourth-order valence-corrected chi connectivity index (χ4v) is 3.48. The summed E-state index contributed by atoms with van der Waals surface area (Å²) in [4.78, 5) is 8.84. The maximum atomic E-state index is 4.72. The van der Waals surface area contributed by atoms with Crippen molar-refractivity contribution in [2.75, 3.05) is 12.3 Å². The van der Waals surface area contributed by atoms with E-state index in [1.165, 1.54) is 29.7 Å². The van der Waals surface area contributed by atoms with Gasteiger partial charge in [0.25, 0.3) is 0 Å². The maximum Gasteiger partial charge on any atom is 0.156 e. The van der Waals surface area contributed by atoms with Gasteiger partial charge in [-0.15, -0.1) is 0 Å². The summed E-state index contributed by atoms with van der Waals surface area (Å²) < 4.78 is 0. The summed E-state index contributed by atoms with van der Waals surface area (Å²) in [6.07, 6.45) is 6.19. The monoisotopic (exact) mass is 277 g/mol. The van der Waals surface area contributed by atoms with E-state index in [4.69, 9.17) is 4.99 Å². The molecule has 2 heterocycles. The van der Waals surface area contributed by atoms with Gasteiger partial charge in [0.05, 0.1) is 0 Å². The molecule has 1 aromatic heterocycles. The third-order valence-electron chi connectivity index (χ3n) is 4.14. The molecule has 0 spiro atoms. The van der Waals surface area contributed by atoms with Crippen LogP contribution in [0.25, 0.3) is 0 Å². The number of pyridine rings is 1. The van der Waals surface area contributed by atoms with Crippen LogP contribution < -0.4 is 5.32 Å². The van der Waals surface area contributed by atoms with Gasteiger partial charge in [0.2, 0.25) is 0 Å². The zero-order chi connectivity index (χ0) is 13.7. The Morgan fingerprint density at radius 2 is 2.16 bits per heavy atom. The number of rotatable bonds is 4. The summed E-state index contributed by atoms with van der Waals surface area (Å²) in [5, 5.41) is 4.54. The van der Waals surface area contributed by atoms with Crippen LogP contribution in [0.5, 0.6) is 0 Å². The average molecular weight is 277 g/mol. The van der Waals surface area contributed by atoms with E-state index >= 15 is 0 Å². The quantitative estimate of drug-likeness (QED) is 0.916. The van der Waals surface area contributed by atoms with Crippen molar-refractivity contribution in [3.63, 3.8) is 0 Å². The molecule has 0 saturated carbocycles. The Labute approximate surface area is 120 Å². The van der Waals surface area contributed by atoms with Gasteiger partial charge >= 0.3 is 0 Å². The fraction of sp³-hybridized carbons (Fsp3) is 0.600. The molecule has 4 heteroatoms. The number of hydrogen-bond acceptors (Lipinski definition) is 4. The van der Waals surface area contributed by atoms with Crippen molar-refractivity contribution in [2.24, 2.45) is 10.4 Å². The first-order chi connectivity index (χ1) is 9.19. The highest BCUT2D eigenvalue weighted by Crippen LogP contribution is 2.34. The minimum Gasteiger partial charge on any atom is -0.361 e. The van der Waals surface area contributed by atoms with Crippen molar-refractivity contribution in [1.82, 2.24) is 10.3 Å². The second-order valence-electron chi connectivity index (χ2n) is 5.27. The van der Waals surface area contributed by atoms with E-state index in [-0.39, 0.29) is 0 Å². The first-order valence-electron chi connectivity index (χ1n) is 7.00. The molecule has 1 aliphatic rings. The standard InChI is InChI=1S/C15H23N3S/c1-4-15(5-2)10-18-14(19-11-15)17-9-13-6-7-16-8-12(13)3/h6-8H,4-5,9-11H2,1-3H3,(H,17,18). The SMILES string of the molecule is CCC1(CC)CN=C(NCc2ccncc2C)SC1. The molecule has 0 saturated heterocycles. The first kappa shape index (κ1) is 14.4. The molecule has 19 heavy (non-hydrogen) atoms. The van der Waals surface area contributed by atoms with Crippen LogP contribution in [-0.4, -0.2) is 22.4 Å². The number of aryl methyl sites for hydroxylation is 1. The van der Waals surface area contributed by atoms with Crippen LogP contribution in [0.1, 0.15) is 37.8 Å². The summed E-state index contributed by atoms with van der Waals surface area (Å²) in [5.74, 6) is 1.18. The highest BCUT2D eigenvalue weighted by atomic mass is 32.2. The Kier molecular flexibility index (Phi) is 4.86. The predicted molar refractivity (Wildman–Crippen MR) is 83.6 cm³/mol. The van der Waals surface area contributed by atoms with Gasteiger partial charge in [0.1, 0.15) is 0 Å². The van der Waals surface area contributed by atoms with Crippen LogP contribution >= 0.6 is 11.8 Å². The maximum absolute atomic E-state index is 4.72. The fourth-order valence-electron chi connectivity index (χ4n) is 2.21. The van der Waals surface area contributed by atoms with E-state index in [0.717, 1.165) is 18.3 Å². The number of aromatic nitrogens is 1. The van der Waals surface area contributed by atoms with Crippen molar-refractivity contribution in [3.8, 4) is 0 Å². The van der Waals surface area contributed by atoms with Crippen molar-refractivity contribution < 1.29 is 0 Å². The van der Waals surface area contributed by atoms with Crippen LogP contribution in [0, 0.1) is 12.3 Å². The van der Waals surface area contributed by atoms with E-state index in [1.54, 1.807) is 0 Å². The van der Waals surface area contributed by atoms with Crippen molar-refractivity contribution in [2.45, 2.75) is 40.2 Å². The van der Waals surface area contributed by atoms with Gasteiger partial charge in [0.15, 0.2) is 5.17 Å². The number of nitrogens with zero attached hydrogens (tertiary/aromatic N) is 2. The lowest BCUT2D eigenvalue weighted by Gasteiger charge is -2.33. The van der Waals surface area contributed by atoms with E-state index in [0.29, 0.717) is 5.41 Å². The van der Waals surface area contributed by atoms with Crippen molar-refractivity contribution >= 4 is 16.9 Å². The number of amidine groups is 1. The van der Waals surface area contributed by atoms with Gasteiger partial charge in [-0.25, -0.2) is 0 Å². The molecule has 0 aliphatic carbocycles. The molecular formula is C15H23N3S. The highest BCUT2D eigenvalue weighted by molar-refractivity contribution is 8.13. The molecule has 0 amide bonds. The molecule has 0 fully saturated rings. The van der Waals surface area contributed by atoms with E-state index < -0.39 is 0 Å². The lowest BCUT2D eigenvalue weighted by Crippen LogP contribution is -2.34. The lowest BCUT2D eigenvalue weighted by atomic mass is 9.84. The normalized spacial score (nSPS) is 17.9. The second-order valence-corrected chi connectivity index (χ2v) is 6.24. The first-order valence-corrected chi connectivity index (χ1v) is 7.98. The molecule has 1 N–H and O–H groups in total. The smallest absolute Gasteiger partial charge is 0.156 e. The average Bonchev–Trinajstić information content (AvgIpc) is 2.47. The van der Waals surface area contributed by atoms with Gasteiger partial charge in [-0.1, -0.05) is 25.6 Å². The van der Waals surface area contributed by atoms with Gasteiger partial charge in [-0.3, -0.25) is 9.98 Å². The summed E-state index contributed by atoms with van der Waals surface area (Å²) in [6.45, 7) is 8.45. The molecule has 3 nitrogen and oxygen atoms in total. The topological polar surface area (TPSA) is 37.3 Å². The molecule has 0 aromatic carbocycles. The Hall–Kier alpha value is -1.03. The summed E-state index contributed by atoms with van der Waals surface area (Å²) in [7, 11) is 0. The van der Waals surface area contributed by atoms with E-state index in [2.05, 4.69) is 37.1 Å². The Morgan fingerprint density at radius 1 is 1.37 bits per heavy atom. The van der Waals surface area contributed by atoms with Crippen LogP contribution in [-0.2, 0) is 6.54 Å². The minimum atomic E-state index is 0.419. The van der Waals surface area contributed by atoms with Gasteiger partial charge < -0.3 is 5.32 Å². The van der Waals surface area contributed by atoms with Crippen LogP contribution in [0.3, 0.4) is 0 Å². The summed E-state index contributed by atoms with van der Waals surface area (Å²) in [6, 6.07) is 2.07. The third-order valence-corrected chi connectivity index (χ3v) is 5.44. The van der Waals surface area contributed by atoms with E-state index in [1.807, 2.05) is 24.2 Å². The second kappa shape index (κ2) is 6.42. The summed E-state index contributed by atoms with van der Waals surface area (Å²) >= 11 is 1.87. The zero-order valence-electron chi connectivity index (χ0n) is 12.1. The molecule has 1 aliphatic heterocycles. The summed E-state index contributed by atoms with van der Waals surface area (Å²) in [5.41, 5.74) is 2.94. The zero-order valence-corrected chi connectivity index (χ0v) is 12.9. The molecule has 0 unspecified atom stereocenters. The molecule has 0 radical (unpaired) electrons. The molecule has 0 atom stereocenters. The number of hydrogen-bond donors (Lipinski definition) is 1. The van der Waals surface area contributed by atoms with Gasteiger partial charge in [-0.2, -0.15) is 0 Å². The van der Waals surface area contributed by atoms with E-state index in [9.17, 15) is 0 Å².